The first-order valence-electron chi connectivity index (χ1n) is 6.34. The molecule has 0 bridgehead atoms. The highest BCUT2D eigenvalue weighted by Crippen LogP contribution is 2.29. The Hall–Kier alpha value is -1.67. The fourth-order valence-corrected chi connectivity index (χ4v) is 2.90. The molecule has 0 saturated heterocycles. The third-order valence-corrected chi connectivity index (χ3v) is 3.98. The van der Waals surface area contributed by atoms with Gasteiger partial charge in [-0.15, -0.1) is 11.3 Å². The second-order valence-corrected chi connectivity index (χ2v) is 6.08. The number of rotatable bonds is 3. The highest BCUT2D eigenvalue weighted by atomic mass is 32.1. The maximum absolute atomic E-state index is 12.7. The van der Waals surface area contributed by atoms with Gasteiger partial charge >= 0.3 is 0 Å². The Balaban J connectivity index is 2.51. The molecule has 0 amide bonds. The van der Waals surface area contributed by atoms with Gasteiger partial charge in [-0.3, -0.25) is 4.79 Å². The second kappa shape index (κ2) is 5.54. The molecule has 0 aliphatic heterocycles. The number of ketones is 1. The van der Waals surface area contributed by atoms with Crippen molar-refractivity contribution in [1.29, 1.82) is 0 Å². The summed E-state index contributed by atoms with van der Waals surface area (Å²) in [6, 6.07) is 9.82. The van der Waals surface area contributed by atoms with Crippen LogP contribution in [0.1, 0.15) is 40.2 Å². The second-order valence-electron chi connectivity index (χ2n) is 4.96. The number of carbonyl (C=O) groups excluding carboxylic acids is 1. The molecule has 2 aromatic rings. The summed E-state index contributed by atoms with van der Waals surface area (Å²) >= 11 is 1.68. The molecule has 0 spiro atoms. The van der Waals surface area contributed by atoms with Gasteiger partial charge in [0, 0.05) is 16.0 Å². The molecule has 19 heavy (non-hydrogen) atoms. The summed E-state index contributed by atoms with van der Waals surface area (Å²) in [4.78, 5) is 13.9. The van der Waals surface area contributed by atoms with Crippen molar-refractivity contribution in [2.75, 3.05) is 0 Å². The highest BCUT2D eigenvalue weighted by Gasteiger charge is 2.18. The van der Waals surface area contributed by atoms with E-state index in [1.54, 1.807) is 11.3 Å². The molecule has 0 fully saturated rings. The molecule has 0 aliphatic rings. The lowest BCUT2D eigenvalue weighted by atomic mass is 9.93. The zero-order valence-electron chi connectivity index (χ0n) is 11.8. The molecule has 0 aliphatic carbocycles. The smallest absolute Gasteiger partial charge is 0.193 e. The van der Waals surface area contributed by atoms with Crippen LogP contribution >= 0.6 is 11.3 Å². The van der Waals surface area contributed by atoms with Gasteiger partial charge in [0.2, 0.25) is 0 Å². The largest absolute Gasteiger partial charge is 0.289 e. The van der Waals surface area contributed by atoms with E-state index < -0.39 is 0 Å². The van der Waals surface area contributed by atoms with Crippen LogP contribution < -0.4 is 0 Å². The summed E-state index contributed by atoms with van der Waals surface area (Å²) < 4.78 is 0. The van der Waals surface area contributed by atoms with Gasteiger partial charge in [-0.05, 0) is 50.8 Å². The van der Waals surface area contributed by atoms with E-state index in [9.17, 15) is 4.79 Å². The molecular formula is C17H18OS. The predicted octanol–water partition coefficient (Wildman–Crippen LogP) is 5.04. The number of thiophene rings is 1. The Morgan fingerprint density at radius 3 is 2.37 bits per heavy atom. The van der Waals surface area contributed by atoms with Gasteiger partial charge in [-0.2, -0.15) is 0 Å². The van der Waals surface area contributed by atoms with E-state index in [0.29, 0.717) is 0 Å². The average Bonchev–Trinajstić information content (AvgIpc) is 2.75. The molecule has 1 heterocycles. The minimum absolute atomic E-state index is 0.116. The summed E-state index contributed by atoms with van der Waals surface area (Å²) in [5.74, 6) is 0.116. The van der Waals surface area contributed by atoms with E-state index in [0.717, 1.165) is 27.8 Å². The van der Waals surface area contributed by atoms with Crippen LogP contribution in [-0.2, 0) is 0 Å². The maximum Gasteiger partial charge on any atom is 0.193 e. The molecule has 1 aromatic heterocycles. The minimum atomic E-state index is 0.116. The van der Waals surface area contributed by atoms with Crippen LogP contribution in [0.5, 0.6) is 0 Å². The van der Waals surface area contributed by atoms with Gasteiger partial charge in [0.05, 0.1) is 0 Å². The SMILES string of the molecule is CC(C)=C(C(=O)c1cccc(C)c1)c1ccsc1C. The Morgan fingerprint density at radius 1 is 1.11 bits per heavy atom. The summed E-state index contributed by atoms with van der Waals surface area (Å²) in [6.07, 6.45) is 0. The molecule has 0 N–H and O–H groups in total. The third kappa shape index (κ3) is 2.85. The van der Waals surface area contributed by atoms with E-state index in [1.165, 1.54) is 4.88 Å². The minimum Gasteiger partial charge on any atom is -0.289 e. The van der Waals surface area contributed by atoms with Crippen LogP contribution in [0.15, 0.2) is 41.3 Å². The Morgan fingerprint density at radius 2 is 1.84 bits per heavy atom. The zero-order valence-corrected chi connectivity index (χ0v) is 12.6. The molecule has 1 nitrogen and oxygen atoms in total. The van der Waals surface area contributed by atoms with E-state index in [1.807, 2.05) is 56.5 Å². The van der Waals surface area contributed by atoms with E-state index in [2.05, 4.69) is 6.92 Å². The summed E-state index contributed by atoms with van der Waals surface area (Å²) in [5.41, 5.74) is 4.84. The van der Waals surface area contributed by atoms with Crippen LogP contribution in [0, 0.1) is 13.8 Å². The number of hydrogen-bond donors (Lipinski definition) is 0. The summed E-state index contributed by atoms with van der Waals surface area (Å²) in [7, 11) is 0. The van der Waals surface area contributed by atoms with Crippen molar-refractivity contribution in [2.45, 2.75) is 27.7 Å². The molecule has 98 valence electrons. The lowest BCUT2D eigenvalue weighted by Crippen LogP contribution is -2.05. The molecule has 2 heteroatoms. The van der Waals surface area contributed by atoms with Gasteiger partial charge in [0.1, 0.15) is 0 Å². The predicted molar refractivity (Wildman–Crippen MR) is 82.8 cm³/mol. The summed E-state index contributed by atoms with van der Waals surface area (Å²) in [6.45, 7) is 8.07. The Labute approximate surface area is 118 Å². The topological polar surface area (TPSA) is 17.1 Å². The van der Waals surface area contributed by atoms with E-state index in [-0.39, 0.29) is 5.78 Å². The van der Waals surface area contributed by atoms with E-state index >= 15 is 0 Å². The first-order chi connectivity index (χ1) is 9.00. The average molecular weight is 270 g/mol. The fraction of sp³-hybridized carbons (Fsp3) is 0.235. The van der Waals surface area contributed by atoms with Crippen LogP contribution in [0.25, 0.3) is 5.57 Å². The number of allylic oxidation sites excluding steroid dienone is 2. The normalized spacial score (nSPS) is 10.3. The first kappa shape index (κ1) is 13.8. The van der Waals surface area contributed by atoms with E-state index in [4.69, 9.17) is 0 Å². The van der Waals surface area contributed by atoms with Crippen molar-refractivity contribution in [1.82, 2.24) is 0 Å². The highest BCUT2D eigenvalue weighted by molar-refractivity contribution is 7.10. The quantitative estimate of drug-likeness (QED) is 0.564. The molecule has 0 atom stereocenters. The van der Waals surface area contributed by atoms with Gasteiger partial charge in [0.25, 0.3) is 0 Å². The standard InChI is InChI=1S/C17H18OS/c1-11(2)16(15-8-9-19-13(15)4)17(18)14-7-5-6-12(3)10-14/h5-10H,1-4H3. The van der Waals surface area contributed by atoms with Crippen molar-refractivity contribution in [3.8, 4) is 0 Å². The van der Waals surface area contributed by atoms with Crippen molar-refractivity contribution < 1.29 is 4.79 Å². The molecular weight excluding hydrogens is 252 g/mol. The number of Topliss-reactive ketones (excluding diaryl/α,β-unsaturated/α-hetero) is 1. The number of carbonyl (C=O) groups is 1. The number of aryl methyl sites for hydroxylation is 2. The Bertz CT molecular complexity index is 643. The number of hydrogen-bond acceptors (Lipinski definition) is 2. The molecule has 2 rings (SSSR count). The van der Waals surface area contributed by atoms with Crippen molar-refractivity contribution in [3.05, 3.63) is 62.9 Å². The van der Waals surface area contributed by atoms with Gasteiger partial charge in [0.15, 0.2) is 5.78 Å². The molecule has 0 radical (unpaired) electrons. The van der Waals surface area contributed by atoms with Gasteiger partial charge < -0.3 is 0 Å². The maximum atomic E-state index is 12.7. The zero-order chi connectivity index (χ0) is 14.0. The van der Waals surface area contributed by atoms with Gasteiger partial charge in [-0.1, -0.05) is 29.3 Å². The lowest BCUT2D eigenvalue weighted by Gasteiger charge is -2.10. The number of benzene rings is 1. The van der Waals surface area contributed by atoms with Gasteiger partial charge in [-0.25, -0.2) is 0 Å². The lowest BCUT2D eigenvalue weighted by molar-refractivity contribution is 0.105. The third-order valence-electron chi connectivity index (χ3n) is 3.14. The van der Waals surface area contributed by atoms with Crippen molar-refractivity contribution in [2.24, 2.45) is 0 Å². The fourth-order valence-electron chi connectivity index (χ4n) is 2.19. The first-order valence-corrected chi connectivity index (χ1v) is 7.22. The van der Waals surface area contributed by atoms with Crippen molar-refractivity contribution >= 4 is 22.7 Å². The molecule has 0 saturated carbocycles. The van der Waals surface area contributed by atoms with Crippen LogP contribution in [0.3, 0.4) is 0 Å². The van der Waals surface area contributed by atoms with Crippen LogP contribution in [0.4, 0.5) is 0 Å². The Kier molecular flexibility index (Phi) is 4.01. The van der Waals surface area contributed by atoms with Crippen LogP contribution in [0.2, 0.25) is 0 Å². The monoisotopic (exact) mass is 270 g/mol. The summed E-state index contributed by atoms with van der Waals surface area (Å²) in [5, 5.41) is 2.04. The van der Waals surface area contributed by atoms with Crippen molar-refractivity contribution in [3.63, 3.8) is 0 Å². The molecule has 0 unspecified atom stereocenters. The van der Waals surface area contributed by atoms with Crippen LogP contribution in [-0.4, -0.2) is 5.78 Å². The molecule has 1 aromatic carbocycles.